The average molecular weight is 567 g/mol. The molecule has 6 nitrogen and oxygen atoms in total. The summed E-state index contributed by atoms with van der Waals surface area (Å²) in [5.74, 6) is 0.550. The Balaban J connectivity index is 0.00000392. The Morgan fingerprint density at radius 2 is 2.00 bits per heavy atom. The number of aryl methyl sites for hydroxylation is 1. The highest BCUT2D eigenvalue weighted by atomic mass is 127. The zero-order valence-electron chi connectivity index (χ0n) is 16.9. The molecule has 0 aromatic heterocycles. The van der Waals surface area contributed by atoms with Crippen LogP contribution >= 0.6 is 39.9 Å². The molecular weight excluding hydrogens is 535 g/mol. The SMILES string of the molecule is CN=C(NCC(=O)Nc1cc(Br)ccc1C)NCC1(CCOC)CCCC1.I. The summed E-state index contributed by atoms with van der Waals surface area (Å²) in [7, 11) is 3.48. The molecule has 1 saturated carbocycles. The van der Waals surface area contributed by atoms with Crippen LogP contribution < -0.4 is 16.0 Å². The van der Waals surface area contributed by atoms with Gasteiger partial charge in [-0.3, -0.25) is 9.79 Å². The molecule has 2 rings (SSSR count). The Morgan fingerprint density at radius 1 is 1.29 bits per heavy atom. The maximum Gasteiger partial charge on any atom is 0.243 e. The Bertz CT molecular complexity index is 664. The summed E-state index contributed by atoms with van der Waals surface area (Å²) in [6.07, 6.45) is 6.01. The molecule has 0 unspecified atom stereocenters. The van der Waals surface area contributed by atoms with E-state index >= 15 is 0 Å². The fraction of sp³-hybridized carbons (Fsp3) is 0.600. The predicted molar refractivity (Wildman–Crippen MR) is 130 cm³/mol. The first-order valence-corrected chi connectivity index (χ1v) is 10.3. The van der Waals surface area contributed by atoms with E-state index in [1.165, 1.54) is 25.7 Å². The molecule has 1 aliphatic carbocycles. The Hall–Kier alpha value is -0.870. The molecule has 0 radical (unpaired) electrons. The molecule has 1 fully saturated rings. The van der Waals surface area contributed by atoms with Crippen molar-refractivity contribution in [2.45, 2.75) is 39.0 Å². The third kappa shape index (κ3) is 7.87. The quantitative estimate of drug-likeness (QED) is 0.252. The average Bonchev–Trinajstić information content (AvgIpc) is 3.12. The molecule has 8 heteroatoms. The fourth-order valence-electron chi connectivity index (χ4n) is 3.54. The molecule has 0 aliphatic heterocycles. The zero-order chi connectivity index (χ0) is 19.7. The topological polar surface area (TPSA) is 74.8 Å². The smallest absolute Gasteiger partial charge is 0.243 e. The number of benzene rings is 1. The van der Waals surface area contributed by atoms with Gasteiger partial charge in [-0.05, 0) is 49.3 Å². The minimum atomic E-state index is -0.103. The van der Waals surface area contributed by atoms with Crippen LogP contribution in [0.25, 0.3) is 0 Å². The van der Waals surface area contributed by atoms with Gasteiger partial charge in [-0.1, -0.05) is 34.8 Å². The van der Waals surface area contributed by atoms with Crippen LogP contribution in [0.15, 0.2) is 27.7 Å². The summed E-state index contributed by atoms with van der Waals surface area (Å²) >= 11 is 3.43. The summed E-state index contributed by atoms with van der Waals surface area (Å²) in [5.41, 5.74) is 2.10. The van der Waals surface area contributed by atoms with E-state index in [-0.39, 0.29) is 41.8 Å². The molecule has 0 bridgehead atoms. The van der Waals surface area contributed by atoms with Gasteiger partial charge in [-0.2, -0.15) is 0 Å². The van der Waals surface area contributed by atoms with Crippen LogP contribution in [0.4, 0.5) is 5.69 Å². The lowest BCUT2D eigenvalue weighted by molar-refractivity contribution is -0.115. The fourth-order valence-corrected chi connectivity index (χ4v) is 3.90. The van der Waals surface area contributed by atoms with Crippen molar-refractivity contribution in [3.8, 4) is 0 Å². The van der Waals surface area contributed by atoms with E-state index in [4.69, 9.17) is 4.74 Å². The number of guanidine groups is 1. The van der Waals surface area contributed by atoms with E-state index in [1.807, 2.05) is 25.1 Å². The number of anilines is 1. The number of carbonyl (C=O) groups excluding carboxylic acids is 1. The normalized spacial score (nSPS) is 15.6. The molecule has 0 atom stereocenters. The van der Waals surface area contributed by atoms with Gasteiger partial charge in [0.1, 0.15) is 0 Å². The molecule has 0 heterocycles. The first kappa shape index (κ1) is 25.2. The minimum Gasteiger partial charge on any atom is -0.385 e. The second kappa shape index (κ2) is 12.6. The van der Waals surface area contributed by atoms with Crippen molar-refractivity contribution in [3.05, 3.63) is 28.2 Å². The van der Waals surface area contributed by atoms with E-state index in [0.717, 1.165) is 35.3 Å². The zero-order valence-corrected chi connectivity index (χ0v) is 20.9. The van der Waals surface area contributed by atoms with Gasteiger partial charge < -0.3 is 20.7 Å². The number of nitrogens with zero attached hydrogens (tertiary/aromatic N) is 1. The lowest BCUT2D eigenvalue weighted by Crippen LogP contribution is -2.45. The molecule has 158 valence electrons. The first-order valence-electron chi connectivity index (χ1n) is 9.47. The number of rotatable bonds is 8. The highest BCUT2D eigenvalue weighted by Crippen LogP contribution is 2.40. The highest BCUT2D eigenvalue weighted by molar-refractivity contribution is 14.0. The molecular formula is C20H32BrIN4O2. The van der Waals surface area contributed by atoms with Crippen LogP contribution in [0.1, 0.15) is 37.7 Å². The van der Waals surface area contributed by atoms with Crippen LogP contribution in [0.3, 0.4) is 0 Å². The Labute approximate surface area is 193 Å². The number of methoxy groups -OCH3 is 1. The van der Waals surface area contributed by atoms with Crippen molar-refractivity contribution >= 4 is 57.5 Å². The van der Waals surface area contributed by atoms with Crippen molar-refractivity contribution in [1.29, 1.82) is 0 Å². The van der Waals surface area contributed by atoms with Gasteiger partial charge in [-0.15, -0.1) is 24.0 Å². The second-order valence-electron chi connectivity index (χ2n) is 7.24. The standard InChI is InChI=1S/C20H31BrN4O2.HI/c1-15-6-7-16(21)12-17(15)25-18(26)13-23-19(22-2)24-14-20(10-11-27-3)8-4-5-9-20;/h6-7,12H,4-5,8-11,13-14H2,1-3H3,(H,25,26)(H2,22,23,24);1H. The van der Waals surface area contributed by atoms with Crippen LogP contribution in [0.5, 0.6) is 0 Å². The number of hydrogen-bond donors (Lipinski definition) is 3. The number of ether oxygens (including phenoxy) is 1. The van der Waals surface area contributed by atoms with Crippen molar-refractivity contribution in [1.82, 2.24) is 10.6 Å². The highest BCUT2D eigenvalue weighted by Gasteiger charge is 2.33. The van der Waals surface area contributed by atoms with Crippen LogP contribution in [0, 0.1) is 12.3 Å². The molecule has 3 N–H and O–H groups in total. The van der Waals surface area contributed by atoms with Crippen molar-refractivity contribution in [2.75, 3.05) is 39.2 Å². The van der Waals surface area contributed by atoms with E-state index in [2.05, 4.69) is 36.9 Å². The minimum absolute atomic E-state index is 0. The van der Waals surface area contributed by atoms with Gasteiger partial charge >= 0.3 is 0 Å². The van der Waals surface area contributed by atoms with Gasteiger partial charge in [0.25, 0.3) is 0 Å². The summed E-state index contributed by atoms with van der Waals surface area (Å²) in [6.45, 7) is 3.76. The largest absolute Gasteiger partial charge is 0.385 e. The van der Waals surface area contributed by atoms with Crippen LogP contribution in [-0.4, -0.2) is 45.7 Å². The number of carbonyl (C=O) groups is 1. The molecule has 1 amide bonds. The summed E-state index contributed by atoms with van der Waals surface area (Å²) < 4.78 is 6.22. The van der Waals surface area contributed by atoms with E-state index in [0.29, 0.717) is 5.96 Å². The monoisotopic (exact) mass is 566 g/mol. The number of amides is 1. The molecule has 0 saturated heterocycles. The maximum absolute atomic E-state index is 12.3. The third-order valence-electron chi connectivity index (χ3n) is 5.25. The van der Waals surface area contributed by atoms with Gasteiger partial charge in [0, 0.05) is 37.5 Å². The maximum atomic E-state index is 12.3. The third-order valence-corrected chi connectivity index (χ3v) is 5.74. The number of hydrogen-bond acceptors (Lipinski definition) is 3. The lowest BCUT2D eigenvalue weighted by Gasteiger charge is -2.29. The summed E-state index contributed by atoms with van der Waals surface area (Å²) in [5, 5.41) is 9.43. The second-order valence-corrected chi connectivity index (χ2v) is 8.15. The van der Waals surface area contributed by atoms with Crippen molar-refractivity contribution in [3.63, 3.8) is 0 Å². The predicted octanol–water partition coefficient (Wildman–Crippen LogP) is 4.08. The Morgan fingerprint density at radius 3 is 2.64 bits per heavy atom. The van der Waals surface area contributed by atoms with Crippen LogP contribution in [-0.2, 0) is 9.53 Å². The first-order chi connectivity index (χ1) is 13.0. The van der Waals surface area contributed by atoms with Crippen LogP contribution in [0.2, 0.25) is 0 Å². The van der Waals surface area contributed by atoms with Gasteiger partial charge in [0.2, 0.25) is 5.91 Å². The van der Waals surface area contributed by atoms with Crippen molar-refractivity contribution < 1.29 is 9.53 Å². The summed E-state index contributed by atoms with van der Waals surface area (Å²) in [6, 6.07) is 5.83. The molecule has 1 aromatic rings. The lowest BCUT2D eigenvalue weighted by atomic mass is 9.83. The number of aliphatic imine (C=N–C) groups is 1. The van der Waals surface area contributed by atoms with E-state index in [9.17, 15) is 4.79 Å². The summed E-state index contributed by atoms with van der Waals surface area (Å²) in [4.78, 5) is 16.5. The molecule has 1 aromatic carbocycles. The van der Waals surface area contributed by atoms with E-state index < -0.39 is 0 Å². The van der Waals surface area contributed by atoms with Crippen molar-refractivity contribution in [2.24, 2.45) is 10.4 Å². The molecule has 1 aliphatic rings. The molecule has 0 spiro atoms. The van der Waals surface area contributed by atoms with Gasteiger partial charge in [-0.25, -0.2) is 0 Å². The van der Waals surface area contributed by atoms with E-state index in [1.54, 1.807) is 14.2 Å². The van der Waals surface area contributed by atoms with Gasteiger partial charge in [0.15, 0.2) is 5.96 Å². The van der Waals surface area contributed by atoms with Gasteiger partial charge in [0.05, 0.1) is 6.54 Å². The molecule has 28 heavy (non-hydrogen) atoms. The number of nitrogens with one attached hydrogen (secondary N) is 3. The number of halogens is 2. The Kier molecular flexibility index (Phi) is 11.4.